The number of hydrogen-bond donors (Lipinski definition) is 2. The van der Waals surface area contributed by atoms with Crippen molar-refractivity contribution in [3.8, 4) is 6.07 Å². The van der Waals surface area contributed by atoms with Crippen molar-refractivity contribution in [2.75, 3.05) is 7.11 Å². The number of allylic oxidation sites excluding steroid dienone is 1. The molecule has 1 heterocycles. The summed E-state index contributed by atoms with van der Waals surface area (Å²) in [4.78, 5) is 0. The van der Waals surface area contributed by atoms with Crippen molar-refractivity contribution < 1.29 is 14.6 Å². The van der Waals surface area contributed by atoms with Gasteiger partial charge in [0.2, 0.25) is 0 Å². The van der Waals surface area contributed by atoms with E-state index in [0.29, 0.717) is 23.3 Å². The standard InChI is InChI=1S/C28H30N2O3/c1-32-26(21-9-5-6-10-21)25-24(18-30)33-28(22-13-11-19(17-29)12-14-22)23(15-16-27(25,28)31)20-7-3-2-4-8-20/h2-4,7-8,11-14,18,21,23,31H,5-6,9-10,15-16,30H2,1H3/b24-18+,26-25?/t23?,27-,28+/m1/s1. The minimum absolute atomic E-state index is 0.0919. The molecule has 2 aromatic carbocycles. The molecular weight excluding hydrogens is 412 g/mol. The predicted octanol–water partition coefficient (Wildman–Crippen LogP) is 4.98. The van der Waals surface area contributed by atoms with Crippen molar-refractivity contribution in [3.63, 3.8) is 0 Å². The Bertz CT molecular complexity index is 1130. The highest BCUT2D eigenvalue weighted by molar-refractivity contribution is 5.54. The maximum atomic E-state index is 12.6. The minimum atomic E-state index is -1.30. The summed E-state index contributed by atoms with van der Waals surface area (Å²) in [5.41, 5.74) is 6.96. The van der Waals surface area contributed by atoms with Crippen LogP contribution in [0.4, 0.5) is 0 Å². The van der Waals surface area contributed by atoms with E-state index in [9.17, 15) is 10.4 Å². The zero-order valence-electron chi connectivity index (χ0n) is 19.0. The Hall–Kier alpha value is -3.23. The molecule has 0 radical (unpaired) electrons. The van der Waals surface area contributed by atoms with Crippen LogP contribution in [0.25, 0.3) is 0 Å². The van der Waals surface area contributed by atoms with Gasteiger partial charge >= 0.3 is 0 Å². The molecule has 170 valence electrons. The Balaban J connectivity index is 1.76. The summed E-state index contributed by atoms with van der Waals surface area (Å²) in [6.07, 6.45) is 7.12. The summed E-state index contributed by atoms with van der Waals surface area (Å²) in [5, 5.41) is 21.9. The fourth-order valence-electron chi connectivity index (χ4n) is 6.41. The first kappa shape index (κ1) is 21.6. The molecule has 1 unspecified atom stereocenters. The van der Waals surface area contributed by atoms with Gasteiger partial charge in [0.15, 0.2) is 5.60 Å². The van der Waals surface area contributed by atoms with Crippen LogP contribution >= 0.6 is 0 Å². The van der Waals surface area contributed by atoms with Crippen molar-refractivity contribution in [2.45, 2.75) is 55.6 Å². The van der Waals surface area contributed by atoms with Gasteiger partial charge in [0.05, 0.1) is 24.3 Å². The van der Waals surface area contributed by atoms with Crippen LogP contribution in [-0.2, 0) is 15.1 Å². The molecule has 3 aliphatic rings. The van der Waals surface area contributed by atoms with Gasteiger partial charge in [-0.3, -0.25) is 0 Å². The van der Waals surface area contributed by atoms with Gasteiger partial charge in [-0.05, 0) is 48.9 Å². The second-order valence-corrected chi connectivity index (χ2v) is 9.34. The average molecular weight is 443 g/mol. The van der Waals surface area contributed by atoms with E-state index < -0.39 is 11.2 Å². The van der Waals surface area contributed by atoms with Crippen LogP contribution in [0, 0.1) is 17.2 Å². The van der Waals surface area contributed by atoms with Gasteiger partial charge in [-0.1, -0.05) is 55.3 Å². The first-order valence-electron chi connectivity index (χ1n) is 11.8. The lowest BCUT2D eigenvalue weighted by molar-refractivity contribution is -0.0963. The average Bonchev–Trinajstić information content (AvgIpc) is 3.55. The molecule has 3 fully saturated rings. The van der Waals surface area contributed by atoms with E-state index in [-0.39, 0.29) is 11.8 Å². The lowest BCUT2D eigenvalue weighted by atomic mass is 9.71. The molecule has 3 atom stereocenters. The molecule has 33 heavy (non-hydrogen) atoms. The van der Waals surface area contributed by atoms with Gasteiger partial charge in [0.1, 0.15) is 17.1 Å². The topological polar surface area (TPSA) is 88.5 Å². The number of nitrogens with two attached hydrogens (primary N) is 1. The minimum Gasteiger partial charge on any atom is -0.500 e. The van der Waals surface area contributed by atoms with E-state index in [0.717, 1.165) is 49.0 Å². The summed E-state index contributed by atoms with van der Waals surface area (Å²) < 4.78 is 12.8. The van der Waals surface area contributed by atoms with Crippen LogP contribution in [0.3, 0.4) is 0 Å². The number of ether oxygens (including phenoxy) is 2. The third kappa shape index (κ3) is 3.08. The van der Waals surface area contributed by atoms with Crippen LogP contribution in [0.2, 0.25) is 0 Å². The van der Waals surface area contributed by atoms with Gasteiger partial charge in [0, 0.05) is 18.0 Å². The second kappa shape index (κ2) is 8.28. The summed E-state index contributed by atoms with van der Waals surface area (Å²) in [7, 11) is 1.68. The fourth-order valence-corrected chi connectivity index (χ4v) is 6.41. The second-order valence-electron chi connectivity index (χ2n) is 9.34. The van der Waals surface area contributed by atoms with E-state index in [2.05, 4.69) is 18.2 Å². The van der Waals surface area contributed by atoms with Gasteiger partial charge in [-0.2, -0.15) is 5.26 Å². The third-order valence-electron chi connectivity index (χ3n) is 7.82. The molecule has 5 rings (SSSR count). The number of fused-ring (bicyclic) bond motifs is 1. The van der Waals surface area contributed by atoms with Gasteiger partial charge in [0.25, 0.3) is 0 Å². The van der Waals surface area contributed by atoms with Crippen LogP contribution in [0.15, 0.2) is 77.9 Å². The fraction of sp³-hybridized carbons (Fsp3) is 0.393. The number of rotatable bonds is 4. The van der Waals surface area contributed by atoms with Crippen LogP contribution in [0.5, 0.6) is 0 Å². The van der Waals surface area contributed by atoms with E-state index in [1.165, 1.54) is 6.20 Å². The van der Waals surface area contributed by atoms with Gasteiger partial charge in [-0.15, -0.1) is 0 Å². The normalized spacial score (nSPS) is 31.8. The first-order valence-corrected chi connectivity index (χ1v) is 11.8. The van der Waals surface area contributed by atoms with Crippen molar-refractivity contribution in [1.82, 2.24) is 0 Å². The summed E-state index contributed by atoms with van der Waals surface area (Å²) in [5.74, 6) is 1.45. The Morgan fingerprint density at radius 3 is 2.42 bits per heavy atom. The SMILES string of the molecule is COC(=C1/C(=C\N)O[C@@]2(c3ccc(C#N)cc3)C(c3ccccc3)CC[C@@]12O)C1CCCC1. The highest BCUT2D eigenvalue weighted by Crippen LogP contribution is 2.66. The largest absolute Gasteiger partial charge is 0.500 e. The zero-order valence-corrected chi connectivity index (χ0v) is 19.0. The first-order chi connectivity index (χ1) is 16.1. The maximum absolute atomic E-state index is 12.6. The Morgan fingerprint density at radius 2 is 1.82 bits per heavy atom. The van der Waals surface area contributed by atoms with Crippen molar-refractivity contribution >= 4 is 0 Å². The molecule has 0 amide bonds. The lowest BCUT2D eigenvalue weighted by Crippen LogP contribution is -2.48. The molecule has 2 aliphatic carbocycles. The van der Waals surface area contributed by atoms with Crippen molar-refractivity contribution in [1.29, 1.82) is 5.26 Å². The summed E-state index contributed by atoms with van der Waals surface area (Å²) >= 11 is 0. The third-order valence-corrected chi connectivity index (χ3v) is 7.82. The van der Waals surface area contributed by atoms with E-state index in [1.807, 2.05) is 30.3 Å². The van der Waals surface area contributed by atoms with Crippen LogP contribution in [0.1, 0.15) is 61.1 Å². The Kier molecular flexibility index (Phi) is 5.42. The molecule has 5 heteroatoms. The molecule has 5 nitrogen and oxygen atoms in total. The number of hydrogen-bond acceptors (Lipinski definition) is 5. The van der Waals surface area contributed by atoms with Gasteiger partial charge < -0.3 is 20.3 Å². The number of benzene rings is 2. The Morgan fingerprint density at radius 1 is 1.12 bits per heavy atom. The molecule has 0 aromatic heterocycles. The van der Waals surface area contributed by atoms with Crippen LogP contribution < -0.4 is 5.73 Å². The van der Waals surface area contributed by atoms with E-state index in [1.54, 1.807) is 19.2 Å². The molecule has 1 aliphatic heterocycles. The molecule has 1 saturated heterocycles. The monoisotopic (exact) mass is 442 g/mol. The summed E-state index contributed by atoms with van der Waals surface area (Å²) in [6, 6.07) is 19.8. The predicted molar refractivity (Wildman–Crippen MR) is 126 cm³/mol. The molecule has 0 spiro atoms. The number of nitrogens with zero attached hydrogens (tertiary/aromatic N) is 1. The zero-order chi connectivity index (χ0) is 23.1. The number of nitriles is 1. The Labute approximate surface area is 195 Å². The quantitative estimate of drug-likeness (QED) is 0.652. The molecule has 3 N–H and O–H groups in total. The number of methoxy groups -OCH3 is 1. The highest BCUT2D eigenvalue weighted by Gasteiger charge is 2.70. The van der Waals surface area contributed by atoms with Crippen LogP contribution in [-0.4, -0.2) is 17.8 Å². The molecule has 0 bridgehead atoms. The van der Waals surface area contributed by atoms with E-state index in [4.69, 9.17) is 15.2 Å². The summed E-state index contributed by atoms with van der Waals surface area (Å²) in [6.45, 7) is 0. The lowest BCUT2D eigenvalue weighted by Gasteiger charge is -2.40. The molecule has 2 saturated carbocycles. The highest BCUT2D eigenvalue weighted by atomic mass is 16.5. The van der Waals surface area contributed by atoms with Crippen molar-refractivity contribution in [3.05, 3.63) is 94.6 Å². The van der Waals surface area contributed by atoms with E-state index >= 15 is 0 Å². The van der Waals surface area contributed by atoms with Gasteiger partial charge in [-0.25, -0.2) is 0 Å². The molecule has 2 aromatic rings. The maximum Gasteiger partial charge on any atom is 0.174 e. The smallest absolute Gasteiger partial charge is 0.174 e. The van der Waals surface area contributed by atoms with Crippen molar-refractivity contribution in [2.24, 2.45) is 11.7 Å². The number of aliphatic hydroxyl groups is 1. The molecular formula is C28H30N2O3.